The number of benzene rings is 2. The molecule has 126 valence electrons. The Hall–Kier alpha value is -2.97. The molecular formula is C15H10F4N2O3. The lowest BCUT2D eigenvalue weighted by Gasteiger charge is -2.16. The fraction of sp³-hybridized carbons (Fsp3) is 0.133. The molecule has 2 amide bonds. The van der Waals surface area contributed by atoms with Gasteiger partial charge in [-0.1, -0.05) is 0 Å². The smallest absolute Gasteiger partial charge is 0.419 e. The molecule has 3 rings (SSSR count). The van der Waals surface area contributed by atoms with E-state index in [1.807, 2.05) is 0 Å². The summed E-state index contributed by atoms with van der Waals surface area (Å²) in [4.78, 5) is 13.3. The van der Waals surface area contributed by atoms with Crippen molar-refractivity contribution in [2.75, 3.05) is 16.9 Å². The maximum absolute atomic E-state index is 13.3. The van der Waals surface area contributed by atoms with Gasteiger partial charge in [-0.25, -0.2) is 9.18 Å². The number of rotatable bonds is 1. The number of phenolic OH excluding ortho intramolecular Hbond substituents is 1. The van der Waals surface area contributed by atoms with Crippen molar-refractivity contribution in [1.29, 1.82) is 0 Å². The lowest BCUT2D eigenvalue weighted by molar-refractivity contribution is -0.139. The molecule has 2 N–H and O–H groups in total. The van der Waals surface area contributed by atoms with Gasteiger partial charge < -0.3 is 15.2 Å². The summed E-state index contributed by atoms with van der Waals surface area (Å²) in [6.07, 6.45) is -4.87. The first kappa shape index (κ1) is 15.9. The molecule has 24 heavy (non-hydrogen) atoms. The Morgan fingerprint density at radius 3 is 2.67 bits per heavy atom. The number of aromatic hydroxyl groups is 1. The lowest BCUT2D eigenvalue weighted by Crippen LogP contribution is -2.34. The first-order chi connectivity index (χ1) is 11.3. The molecule has 0 aliphatic carbocycles. The summed E-state index contributed by atoms with van der Waals surface area (Å²) < 4.78 is 56.6. The summed E-state index contributed by atoms with van der Waals surface area (Å²) in [5.41, 5.74) is -1.33. The SMILES string of the molecule is O=C(Nc1ccc(F)c(C(F)(F)F)c1)N1COc2cc(O)ccc21. The van der Waals surface area contributed by atoms with Gasteiger partial charge in [0.15, 0.2) is 6.73 Å². The van der Waals surface area contributed by atoms with Crippen LogP contribution >= 0.6 is 0 Å². The van der Waals surface area contributed by atoms with Gasteiger partial charge in [-0.3, -0.25) is 4.90 Å². The molecule has 1 aliphatic rings. The van der Waals surface area contributed by atoms with Crippen LogP contribution in [-0.4, -0.2) is 17.9 Å². The highest BCUT2D eigenvalue weighted by Gasteiger charge is 2.34. The second-order valence-corrected chi connectivity index (χ2v) is 4.98. The number of ether oxygens (including phenoxy) is 1. The molecule has 1 heterocycles. The van der Waals surface area contributed by atoms with Gasteiger partial charge in [-0.2, -0.15) is 13.2 Å². The highest BCUT2D eigenvalue weighted by molar-refractivity contribution is 6.03. The number of hydrogen-bond donors (Lipinski definition) is 2. The van der Waals surface area contributed by atoms with Gasteiger partial charge in [-0.15, -0.1) is 0 Å². The van der Waals surface area contributed by atoms with Crippen molar-refractivity contribution < 1.29 is 32.2 Å². The molecule has 9 heteroatoms. The maximum atomic E-state index is 13.3. The van der Waals surface area contributed by atoms with Crippen molar-refractivity contribution >= 4 is 17.4 Å². The highest BCUT2D eigenvalue weighted by Crippen LogP contribution is 2.37. The van der Waals surface area contributed by atoms with E-state index in [4.69, 9.17) is 4.74 Å². The van der Waals surface area contributed by atoms with E-state index in [1.165, 1.54) is 18.2 Å². The van der Waals surface area contributed by atoms with E-state index < -0.39 is 23.6 Å². The Balaban J connectivity index is 1.82. The number of urea groups is 1. The summed E-state index contributed by atoms with van der Waals surface area (Å²) >= 11 is 0. The molecule has 0 aromatic heterocycles. The van der Waals surface area contributed by atoms with E-state index >= 15 is 0 Å². The Morgan fingerprint density at radius 1 is 1.21 bits per heavy atom. The van der Waals surface area contributed by atoms with Crippen LogP contribution in [0.25, 0.3) is 0 Å². The van der Waals surface area contributed by atoms with Crippen LogP contribution in [0, 0.1) is 5.82 Å². The molecule has 5 nitrogen and oxygen atoms in total. The molecule has 0 radical (unpaired) electrons. The zero-order chi connectivity index (χ0) is 17.5. The number of carbonyl (C=O) groups is 1. The molecule has 1 aliphatic heterocycles. The number of halogens is 4. The number of hydrogen-bond acceptors (Lipinski definition) is 3. The first-order valence-electron chi connectivity index (χ1n) is 6.67. The number of anilines is 2. The summed E-state index contributed by atoms with van der Waals surface area (Å²) in [5.74, 6) is -1.21. The summed E-state index contributed by atoms with van der Waals surface area (Å²) in [6.45, 7) is -0.169. The fourth-order valence-corrected chi connectivity index (χ4v) is 2.22. The topological polar surface area (TPSA) is 61.8 Å². The molecule has 0 fully saturated rings. The van der Waals surface area contributed by atoms with E-state index in [9.17, 15) is 27.5 Å². The molecule has 0 atom stereocenters. The molecule has 0 saturated heterocycles. The van der Waals surface area contributed by atoms with Crippen LogP contribution in [0.3, 0.4) is 0 Å². The van der Waals surface area contributed by atoms with Crippen LogP contribution in [0.1, 0.15) is 5.56 Å². The third-order valence-electron chi connectivity index (χ3n) is 3.35. The second-order valence-electron chi connectivity index (χ2n) is 4.98. The zero-order valence-corrected chi connectivity index (χ0v) is 11.9. The first-order valence-corrected chi connectivity index (χ1v) is 6.67. The van der Waals surface area contributed by atoms with Gasteiger partial charge in [-0.05, 0) is 30.3 Å². The normalized spacial score (nSPS) is 13.4. The molecular weight excluding hydrogens is 332 g/mol. The van der Waals surface area contributed by atoms with Gasteiger partial charge in [0.1, 0.15) is 17.3 Å². The van der Waals surface area contributed by atoms with Crippen LogP contribution in [0.4, 0.5) is 33.7 Å². The molecule has 2 aromatic carbocycles. The van der Waals surface area contributed by atoms with Crippen LogP contribution in [-0.2, 0) is 6.18 Å². The fourth-order valence-electron chi connectivity index (χ4n) is 2.22. The number of amides is 2. The van der Waals surface area contributed by atoms with Crippen molar-refractivity contribution in [1.82, 2.24) is 0 Å². The van der Waals surface area contributed by atoms with Gasteiger partial charge in [0.2, 0.25) is 0 Å². The number of nitrogens with zero attached hydrogens (tertiary/aromatic N) is 1. The van der Waals surface area contributed by atoms with Crippen LogP contribution in [0.5, 0.6) is 11.5 Å². The molecule has 0 spiro atoms. The van der Waals surface area contributed by atoms with Crippen molar-refractivity contribution in [2.24, 2.45) is 0 Å². The predicted molar refractivity (Wildman–Crippen MR) is 76.5 cm³/mol. The number of carbonyl (C=O) groups excluding carboxylic acids is 1. The highest BCUT2D eigenvalue weighted by atomic mass is 19.4. The average Bonchev–Trinajstić information content (AvgIpc) is 2.91. The van der Waals surface area contributed by atoms with Crippen molar-refractivity contribution in [3.63, 3.8) is 0 Å². The maximum Gasteiger partial charge on any atom is 0.419 e. The minimum Gasteiger partial charge on any atom is -0.508 e. The van der Waals surface area contributed by atoms with Gasteiger partial charge in [0.05, 0.1) is 11.3 Å². The monoisotopic (exact) mass is 342 g/mol. The molecule has 0 bridgehead atoms. The molecule has 2 aromatic rings. The summed E-state index contributed by atoms with van der Waals surface area (Å²) in [6, 6.07) is 5.50. The number of fused-ring (bicyclic) bond motifs is 1. The van der Waals surface area contributed by atoms with E-state index in [2.05, 4.69) is 5.32 Å². The van der Waals surface area contributed by atoms with Crippen molar-refractivity contribution in [2.45, 2.75) is 6.18 Å². The Kier molecular flexibility index (Phi) is 3.70. The second kappa shape index (κ2) is 5.59. The quantitative estimate of drug-likeness (QED) is 0.772. The van der Waals surface area contributed by atoms with Crippen LogP contribution < -0.4 is 15.0 Å². The largest absolute Gasteiger partial charge is 0.508 e. The van der Waals surface area contributed by atoms with E-state index in [-0.39, 0.29) is 23.9 Å². The Labute approximate surface area is 133 Å². The Morgan fingerprint density at radius 2 is 1.96 bits per heavy atom. The molecule has 0 saturated carbocycles. The number of phenols is 1. The van der Waals surface area contributed by atoms with Crippen LogP contribution in [0.2, 0.25) is 0 Å². The van der Waals surface area contributed by atoms with Crippen molar-refractivity contribution in [3.05, 3.63) is 47.8 Å². The lowest BCUT2D eigenvalue weighted by atomic mass is 10.2. The van der Waals surface area contributed by atoms with Crippen molar-refractivity contribution in [3.8, 4) is 11.5 Å². The third-order valence-corrected chi connectivity index (χ3v) is 3.35. The Bertz CT molecular complexity index is 808. The predicted octanol–water partition coefficient (Wildman–Crippen LogP) is 3.94. The van der Waals surface area contributed by atoms with E-state index in [1.54, 1.807) is 0 Å². The summed E-state index contributed by atoms with van der Waals surface area (Å²) in [7, 11) is 0. The van der Waals surface area contributed by atoms with E-state index in [0.717, 1.165) is 11.0 Å². The minimum atomic E-state index is -4.87. The molecule has 0 unspecified atom stereocenters. The third kappa shape index (κ3) is 2.92. The minimum absolute atomic E-state index is 0.0515. The average molecular weight is 342 g/mol. The zero-order valence-electron chi connectivity index (χ0n) is 11.9. The van der Waals surface area contributed by atoms with Gasteiger partial charge in [0.25, 0.3) is 0 Å². The van der Waals surface area contributed by atoms with E-state index in [0.29, 0.717) is 17.8 Å². The van der Waals surface area contributed by atoms with Gasteiger partial charge in [0, 0.05) is 11.8 Å². The standard InChI is InChI=1S/C15H10F4N2O3/c16-11-3-1-8(5-10(11)15(17,18)19)20-14(23)21-7-24-13-6-9(22)2-4-12(13)21/h1-6,22H,7H2,(H,20,23). The van der Waals surface area contributed by atoms with Crippen LogP contribution in [0.15, 0.2) is 36.4 Å². The number of nitrogens with one attached hydrogen (secondary N) is 1. The van der Waals surface area contributed by atoms with Gasteiger partial charge >= 0.3 is 12.2 Å². The number of alkyl halides is 3. The summed E-state index contributed by atoms with van der Waals surface area (Å²) in [5, 5.41) is 11.6.